The molecule has 0 amide bonds. The Morgan fingerprint density at radius 2 is 0.456 bits per heavy atom. The zero-order valence-electron chi connectivity index (χ0n) is 53.7. The summed E-state index contributed by atoms with van der Waals surface area (Å²) in [5, 5.41) is 0. The third-order valence-corrected chi connectivity index (χ3v) is 16.5. The highest BCUT2D eigenvalue weighted by molar-refractivity contribution is 5.71. The molecule has 0 rings (SSSR count). The molecule has 0 N–H and O–H groups in total. The highest BCUT2D eigenvalue weighted by Crippen LogP contribution is 2.19. The van der Waals surface area contributed by atoms with Crippen LogP contribution in [0.1, 0.15) is 406 Å². The summed E-state index contributed by atoms with van der Waals surface area (Å²) in [6.07, 6.45) is 83.4. The normalized spacial score (nSPS) is 12.1. The Labute approximate surface area is 493 Å². The van der Waals surface area contributed by atoms with Crippen molar-refractivity contribution in [2.45, 2.75) is 412 Å². The Hall–Kier alpha value is -2.11. The molecule has 0 fully saturated rings. The Bertz CT molecular complexity index is 1270. The van der Waals surface area contributed by atoms with Crippen LogP contribution in [-0.4, -0.2) is 37.2 Å². The summed E-state index contributed by atoms with van der Waals surface area (Å²) in [5.41, 5.74) is 0. The van der Waals surface area contributed by atoms with Crippen molar-refractivity contribution in [3.63, 3.8) is 0 Å². The van der Waals surface area contributed by atoms with Crippen molar-refractivity contribution < 1.29 is 28.6 Å². The van der Waals surface area contributed by atoms with Crippen LogP contribution in [-0.2, 0) is 28.6 Å². The van der Waals surface area contributed by atoms with Gasteiger partial charge >= 0.3 is 17.9 Å². The van der Waals surface area contributed by atoms with Gasteiger partial charge in [0.05, 0.1) is 0 Å². The van der Waals surface area contributed by atoms with Crippen LogP contribution in [0.3, 0.4) is 0 Å². The van der Waals surface area contributed by atoms with Crippen molar-refractivity contribution in [3.05, 3.63) is 24.3 Å². The molecule has 0 aromatic carbocycles. The van der Waals surface area contributed by atoms with Gasteiger partial charge in [-0.05, 0) is 51.4 Å². The fraction of sp³-hybridized carbons (Fsp3) is 0.904. The van der Waals surface area contributed by atoms with Crippen molar-refractivity contribution in [3.8, 4) is 0 Å². The van der Waals surface area contributed by atoms with E-state index in [0.717, 1.165) is 64.2 Å². The second-order valence-electron chi connectivity index (χ2n) is 24.5. The fourth-order valence-electron chi connectivity index (χ4n) is 11.1. The van der Waals surface area contributed by atoms with E-state index < -0.39 is 6.10 Å². The molecular weight excluding hydrogens is 973 g/mol. The molecule has 0 aliphatic carbocycles. The lowest BCUT2D eigenvalue weighted by atomic mass is 10.0. The van der Waals surface area contributed by atoms with Crippen LogP contribution in [0.4, 0.5) is 0 Å². The summed E-state index contributed by atoms with van der Waals surface area (Å²) < 4.78 is 17.0. The number of hydrogen-bond acceptors (Lipinski definition) is 6. The number of carbonyl (C=O) groups excluding carboxylic acids is 3. The molecule has 0 spiro atoms. The highest BCUT2D eigenvalue weighted by Gasteiger charge is 2.19. The van der Waals surface area contributed by atoms with E-state index in [9.17, 15) is 14.4 Å². The quantitative estimate of drug-likeness (QED) is 0.0261. The molecule has 0 aliphatic heterocycles. The van der Waals surface area contributed by atoms with Gasteiger partial charge in [0.15, 0.2) is 6.10 Å². The number of carbonyl (C=O) groups is 3. The lowest BCUT2D eigenvalue weighted by molar-refractivity contribution is -0.167. The highest BCUT2D eigenvalue weighted by atomic mass is 16.6. The van der Waals surface area contributed by atoms with E-state index in [4.69, 9.17) is 14.2 Å². The van der Waals surface area contributed by atoms with Crippen LogP contribution >= 0.6 is 0 Å². The van der Waals surface area contributed by atoms with Gasteiger partial charge in [0.25, 0.3) is 0 Å². The predicted octanol–water partition coefficient (Wildman–Crippen LogP) is 24.6. The lowest BCUT2D eigenvalue weighted by Gasteiger charge is -2.18. The summed E-state index contributed by atoms with van der Waals surface area (Å²) in [6.45, 7) is 6.72. The number of rotatable bonds is 67. The van der Waals surface area contributed by atoms with Gasteiger partial charge in [-0.3, -0.25) is 14.4 Å². The van der Waals surface area contributed by atoms with Crippen LogP contribution < -0.4 is 0 Å². The largest absolute Gasteiger partial charge is 0.462 e. The molecule has 0 radical (unpaired) electrons. The molecule has 79 heavy (non-hydrogen) atoms. The number of hydrogen-bond donors (Lipinski definition) is 0. The van der Waals surface area contributed by atoms with Crippen molar-refractivity contribution >= 4 is 17.9 Å². The molecule has 466 valence electrons. The molecule has 0 saturated heterocycles. The average Bonchev–Trinajstić information content (AvgIpc) is 3.45. The van der Waals surface area contributed by atoms with Gasteiger partial charge in [-0.15, -0.1) is 0 Å². The van der Waals surface area contributed by atoms with E-state index in [-0.39, 0.29) is 31.1 Å². The van der Waals surface area contributed by atoms with E-state index in [1.165, 1.54) is 302 Å². The Morgan fingerprint density at radius 1 is 0.253 bits per heavy atom. The van der Waals surface area contributed by atoms with Gasteiger partial charge in [-0.25, -0.2) is 0 Å². The van der Waals surface area contributed by atoms with E-state index in [0.29, 0.717) is 19.3 Å². The number of esters is 3. The van der Waals surface area contributed by atoms with Crippen LogP contribution in [0.5, 0.6) is 0 Å². The third kappa shape index (κ3) is 66.6. The maximum absolute atomic E-state index is 13.0. The van der Waals surface area contributed by atoms with E-state index >= 15 is 0 Å². The summed E-state index contributed by atoms with van der Waals surface area (Å²) in [7, 11) is 0. The Kier molecular flexibility index (Phi) is 66.6. The fourth-order valence-corrected chi connectivity index (χ4v) is 11.1. The maximum Gasteiger partial charge on any atom is 0.306 e. The number of allylic oxidation sites excluding steroid dienone is 4. The Morgan fingerprint density at radius 3 is 0.696 bits per heavy atom. The van der Waals surface area contributed by atoms with Gasteiger partial charge in [-0.1, -0.05) is 360 Å². The molecule has 0 bridgehead atoms. The molecule has 6 heteroatoms. The molecule has 0 aromatic rings. The summed E-state index contributed by atoms with van der Waals surface area (Å²) in [6, 6.07) is 0. The monoisotopic (exact) mass is 1110 g/mol. The van der Waals surface area contributed by atoms with E-state index in [1.807, 2.05) is 0 Å². The van der Waals surface area contributed by atoms with Crippen molar-refractivity contribution in [2.75, 3.05) is 13.2 Å². The van der Waals surface area contributed by atoms with Crippen molar-refractivity contribution in [2.24, 2.45) is 0 Å². The van der Waals surface area contributed by atoms with Gasteiger partial charge < -0.3 is 14.2 Å². The van der Waals surface area contributed by atoms with Gasteiger partial charge in [0.2, 0.25) is 0 Å². The molecule has 0 aromatic heterocycles. The number of unbranched alkanes of at least 4 members (excludes halogenated alkanes) is 52. The minimum absolute atomic E-state index is 0.0655. The average molecular weight is 1110 g/mol. The molecule has 1 unspecified atom stereocenters. The van der Waals surface area contributed by atoms with Gasteiger partial charge in [-0.2, -0.15) is 0 Å². The zero-order chi connectivity index (χ0) is 57.1. The first-order valence-electron chi connectivity index (χ1n) is 35.8. The lowest BCUT2D eigenvalue weighted by Crippen LogP contribution is -2.30. The minimum atomic E-state index is -0.770. The van der Waals surface area contributed by atoms with E-state index in [2.05, 4.69) is 45.1 Å². The summed E-state index contributed by atoms with van der Waals surface area (Å²) in [4.78, 5) is 38.5. The minimum Gasteiger partial charge on any atom is -0.462 e. The summed E-state index contributed by atoms with van der Waals surface area (Å²) in [5.74, 6) is -0.834. The molecule has 0 saturated carbocycles. The number of ether oxygens (including phenoxy) is 3. The Balaban J connectivity index is 4.31. The second kappa shape index (κ2) is 68.4. The molecule has 1 atom stereocenters. The third-order valence-electron chi connectivity index (χ3n) is 16.5. The zero-order valence-corrected chi connectivity index (χ0v) is 53.7. The summed E-state index contributed by atoms with van der Waals surface area (Å²) >= 11 is 0. The predicted molar refractivity (Wildman–Crippen MR) is 344 cm³/mol. The molecule has 0 heterocycles. The van der Waals surface area contributed by atoms with Crippen molar-refractivity contribution in [1.82, 2.24) is 0 Å². The standard InChI is InChI=1S/C73H138O6/c1-4-7-10-13-16-19-22-25-28-31-34-36-39-42-45-48-51-54-57-60-63-66-72(75)78-69-70(68-77-71(74)65-62-59-56-53-50-47-44-41-38-33-30-27-24-21-18-15-12-9-6-3)79-73(76)67-64-61-58-55-52-49-46-43-40-37-35-32-29-26-23-20-17-14-11-8-5-2/h22,25,31,34,70H,4-21,23-24,26-30,32-33,35-69H2,1-3H3/b25-22-,34-31-. The van der Waals surface area contributed by atoms with Crippen LogP contribution in [0.25, 0.3) is 0 Å². The SMILES string of the molecule is CCCCCCC/C=C\C/C=C\CCCCCCCCCCCC(=O)OCC(COC(=O)CCCCCCCCCCCCCCCCCCCCC)OC(=O)CCCCCCCCCCCCCCCCCCCCCCC. The first-order chi connectivity index (χ1) is 39.0. The van der Waals surface area contributed by atoms with Crippen LogP contribution in [0.15, 0.2) is 24.3 Å². The second-order valence-corrected chi connectivity index (χ2v) is 24.5. The molecule has 6 nitrogen and oxygen atoms in total. The van der Waals surface area contributed by atoms with Gasteiger partial charge in [0.1, 0.15) is 13.2 Å². The van der Waals surface area contributed by atoms with Crippen molar-refractivity contribution in [1.29, 1.82) is 0 Å². The van der Waals surface area contributed by atoms with E-state index in [1.54, 1.807) is 0 Å². The molecular formula is C73H138O6. The van der Waals surface area contributed by atoms with Crippen LogP contribution in [0.2, 0.25) is 0 Å². The van der Waals surface area contributed by atoms with Gasteiger partial charge in [0, 0.05) is 19.3 Å². The topological polar surface area (TPSA) is 78.9 Å². The van der Waals surface area contributed by atoms with Crippen LogP contribution in [0, 0.1) is 0 Å². The molecule has 0 aliphatic rings. The maximum atomic E-state index is 13.0. The smallest absolute Gasteiger partial charge is 0.306 e. The first-order valence-corrected chi connectivity index (χ1v) is 35.8. The first kappa shape index (κ1) is 76.9.